The first-order valence-corrected chi connectivity index (χ1v) is 8.43. The van der Waals surface area contributed by atoms with Crippen molar-refractivity contribution in [2.75, 3.05) is 0 Å². The molecular weight excluding hydrogens is 454 g/mol. The molecule has 2 nitrogen and oxygen atoms in total. The lowest BCUT2D eigenvalue weighted by Crippen LogP contribution is -2.06. The van der Waals surface area contributed by atoms with E-state index in [0.717, 1.165) is 12.1 Å². The molecule has 2 aromatic rings. The highest BCUT2D eigenvalue weighted by Crippen LogP contribution is 2.45. The Balaban J connectivity index is 2.69. The second-order valence-corrected chi connectivity index (χ2v) is 6.91. The minimum atomic E-state index is -4.62. The van der Waals surface area contributed by atoms with Crippen molar-refractivity contribution in [2.45, 2.75) is 12.6 Å². The Morgan fingerprint density at radius 1 is 0.962 bits per heavy atom. The third-order valence-corrected chi connectivity index (χ3v) is 5.36. The largest absolute Gasteiger partial charge is 0.416 e. The fourth-order valence-electron chi connectivity index (χ4n) is 2.19. The number of halogens is 8. The maximum absolute atomic E-state index is 12.8. The monoisotopic (exact) mass is 456 g/mol. The summed E-state index contributed by atoms with van der Waals surface area (Å²) in [6.07, 6.45) is -4.83. The first kappa shape index (κ1) is 21.0. The molecule has 0 saturated carbocycles. The van der Waals surface area contributed by atoms with Gasteiger partial charge in [0.2, 0.25) is 5.69 Å². The van der Waals surface area contributed by atoms with Crippen LogP contribution in [0.3, 0.4) is 0 Å². The van der Waals surface area contributed by atoms with Crippen molar-refractivity contribution in [3.63, 3.8) is 0 Å². The van der Waals surface area contributed by atoms with Gasteiger partial charge in [0.25, 0.3) is 0 Å². The second-order valence-electron chi connectivity index (χ2n) is 4.96. The smallest absolute Gasteiger partial charge is 0.235 e. The van der Waals surface area contributed by atoms with Crippen molar-refractivity contribution in [1.29, 1.82) is 5.26 Å². The van der Waals surface area contributed by atoms with Gasteiger partial charge in [0.1, 0.15) is 6.07 Å². The normalized spacial score (nSPS) is 11.2. The van der Waals surface area contributed by atoms with E-state index >= 15 is 0 Å². The van der Waals surface area contributed by atoms with Crippen LogP contribution < -0.4 is 0 Å². The number of rotatable bonds is 2. The van der Waals surface area contributed by atoms with Crippen LogP contribution >= 0.6 is 58.0 Å². The summed E-state index contributed by atoms with van der Waals surface area (Å²) in [6.45, 7) is 7.14. The van der Waals surface area contributed by atoms with Crippen LogP contribution in [0.4, 0.5) is 18.9 Å². The highest BCUT2D eigenvalue weighted by molar-refractivity contribution is 6.47. The molecule has 2 aromatic carbocycles. The zero-order valence-corrected chi connectivity index (χ0v) is 16.1. The molecule has 134 valence electrons. The number of hydrogen-bond donors (Lipinski definition) is 0. The minimum Gasteiger partial charge on any atom is -0.235 e. The van der Waals surface area contributed by atoms with Gasteiger partial charge in [-0.05, 0) is 23.3 Å². The Morgan fingerprint density at radius 3 is 1.92 bits per heavy atom. The SMILES string of the molecule is [C-]#[N+]c1c(Cl)c(Cl)c(C#N)c(Cc2c(Cl)cc(C(F)(F)F)cc2Cl)c1Cl. The molecule has 0 bridgehead atoms. The molecule has 0 fully saturated rings. The summed E-state index contributed by atoms with van der Waals surface area (Å²) < 4.78 is 38.5. The molecule has 0 heterocycles. The lowest BCUT2D eigenvalue weighted by molar-refractivity contribution is -0.137. The third-order valence-electron chi connectivity index (χ3n) is 3.44. The van der Waals surface area contributed by atoms with Gasteiger partial charge in [0, 0.05) is 16.5 Å². The molecule has 0 aliphatic rings. The summed E-state index contributed by atoms with van der Waals surface area (Å²) in [5.74, 6) is 0. The van der Waals surface area contributed by atoms with E-state index in [1.54, 1.807) is 0 Å². The molecule has 0 radical (unpaired) electrons. The van der Waals surface area contributed by atoms with E-state index in [1.165, 1.54) is 0 Å². The molecule has 0 spiro atoms. The van der Waals surface area contributed by atoms with E-state index in [2.05, 4.69) is 4.85 Å². The van der Waals surface area contributed by atoms with E-state index in [0.29, 0.717) is 0 Å². The van der Waals surface area contributed by atoms with Crippen LogP contribution in [0.5, 0.6) is 0 Å². The Bertz CT molecular complexity index is 965. The van der Waals surface area contributed by atoms with Gasteiger partial charge in [-0.1, -0.05) is 58.0 Å². The van der Waals surface area contributed by atoms with Gasteiger partial charge in [-0.25, -0.2) is 4.85 Å². The Labute approximate surface area is 171 Å². The van der Waals surface area contributed by atoms with Gasteiger partial charge in [0.15, 0.2) is 0 Å². The summed E-state index contributed by atoms with van der Waals surface area (Å²) in [5, 5.41) is 8.30. The van der Waals surface area contributed by atoms with Crippen molar-refractivity contribution in [1.82, 2.24) is 0 Å². The molecule has 0 N–H and O–H groups in total. The van der Waals surface area contributed by atoms with E-state index in [-0.39, 0.29) is 53.9 Å². The first-order chi connectivity index (χ1) is 12.0. The molecular formula is C16H4Cl5F3N2. The maximum atomic E-state index is 12.8. The van der Waals surface area contributed by atoms with Gasteiger partial charge >= 0.3 is 6.18 Å². The zero-order valence-electron chi connectivity index (χ0n) is 12.3. The summed E-state index contributed by atoms with van der Waals surface area (Å²) in [6, 6.07) is 3.26. The molecule has 26 heavy (non-hydrogen) atoms. The summed E-state index contributed by atoms with van der Waals surface area (Å²) in [5.41, 5.74) is -1.10. The Morgan fingerprint density at radius 2 is 1.50 bits per heavy atom. The van der Waals surface area contributed by atoms with Crippen molar-refractivity contribution in [3.8, 4) is 6.07 Å². The molecule has 0 amide bonds. The number of nitriles is 1. The average Bonchev–Trinajstić information content (AvgIpc) is 2.55. The molecule has 0 aliphatic carbocycles. The number of benzene rings is 2. The van der Waals surface area contributed by atoms with Gasteiger partial charge in [-0.3, -0.25) is 0 Å². The molecule has 0 aliphatic heterocycles. The van der Waals surface area contributed by atoms with Crippen molar-refractivity contribution in [2.24, 2.45) is 0 Å². The van der Waals surface area contributed by atoms with Crippen molar-refractivity contribution < 1.29 is 13.2 Å². The Hall–Kier alpha value is -1.34. The predicted octanol–water partition coefficient (Wildman–Crippen LogP) is 7.99. The molecule has 2 rings (SSSR count). The molecule has 0 unspecified atom stereocenters. The average molecular weight is 458 g/mol. The van der Waals surface area contributed by atoms with E-state index in [1.807, 2.05) is 6.07 Å². The standard InChI is InChI=1S/C16H4Cl5F3N2/c1-26-15-13(20)7(9(5-25)12(19)14(15)21)4-8-10(17)2-6(3-11(8)18)16(22,23)24/h2-3H,4H2. The first-order valence-electron chi connectivity index (χ1n) is 6.54. The zero-order chi connectivity index (χ0) is 19.8. The van der Waals surface area contributed by atoms with Crippen molar-refractivity contribution >= 4 is 63.7 Å². The van der Waals surface area contributed by atoms with E-state index in [4.69, 9.17) is 64.6 Å². The van der Waals surface area contributed by atoms with Crippen LogP contribution in [0.1, 0.15) is 22.3 Å². The second kappa shape index (κ2) is 7.72. The van der Waals surface area contributed by atoms with Crippen LogP contribution in [-0.2, 0) is 12.6 Å². The number of hydrogen-bond acceptors (Lipinski definition) is 1. The fraction of sp³-hybridized carbons (Fsp3) is 0.125. The van der Waals surface area contributed by atoms with Crippen LogP contribution in [-0.4, -0.2) is 0 Å². The maximum Gasteiger partial charge on any atom is 0.416 e. The van der Waals surface area contributed by atoms with Crippen LogP contribution in [0.2, 0.25) is 25.1 Å². The van der Waals surface area contributed by atoms with E-state index < -0.39 is 11.7 Å². The molecule has 0 saturated heterocycles. The highest BCUT2D eigenvalue weighted by atomic mass is 35.5. The predicted molar refractivity (Wildman–Crippen MR) is 96.7 cm³/mol. The summed E-state index contributed by atoms with van der Waals surface area (Å²) >= 11 is 30.0. The van der Waals surface area contributed by atoms with Crippen LogP contribution in [0, 0.1) is 17.9 Å². The molecule has 10 heteroatoms. The minimum absolute atomic E-state index is 0.0955. The highest BCUT2D eigenvalue weighted by Gasteiger charge is 2.32. The number of nitrogens with zero attached hydrogens (tertiary/aromatic N) is 2. The Kier molecular flexibility index (Phi) is 6.23. The topological polar surface area (TPSA) is 28.1 Å². The third kappa shape index (κ3) is 3.83. The van der Waals surface area contributed by atoms with Crippen LogP contribution in [0.15, 0.2) is 12.1 Å². The number of alkyl halides is 3. The molecule has 0 aromatic heterocycles. The fourth-order valence-corrected chi connectivity index (χ4v) is 3.63. The molecule has 0 atom stereocenters. The van der Waals surface area contributed by atoms with E-state index in [9.17, 15) is 18.4 Å². The lowest BCUT2D eigenvalue weighted by Gasteiger charge is -2.16. The quantitative estimate of drug-likeness (QED) is 0.331. The lowest BCUT2D eigenvalue weighted by atomic mass is 9.98. The van der Waals surface area contributed by atoms with Gasteiger partial charge in [-0.2, -0.15) is 18.4 Å². The van der Waals surface area contributed by atoms with Gasteiger partial charge < -0.3 is 0 Å². The van der Waals surface area contributed by atoms with Gasteiger partial charge in [0.05, 0.1) is 32.8 Å². The summed E-state index contributed by atoms with van der Waals surface area (Å²) in [4.78, 5) is 3.18. The summed E-state index contributed by atoms with van der Waals surface area (Å²) in [7, 11) is 0. The van der Waals surface area contributed by atoms with Crippen molar-refractivity contribution in [3.05, 3.63) is 70.9 Å². The van der Waals surface area contributed by atoms with Crippen LogP contribution in [0.25, 0.3) is 4.85 Å². The van der Waals surface area contributed by atoms with Gasteiger partial charge in [-0.15, -0.1) is 0 Å².